The van der Waals surface area contributed by atoms with Crippen molar-refractivity contribution in [2.24, 2.45) is 0 Å². The van der Waals surface area contributed by atoms with E-state index in [0.717, 1.165) is 35.5 Å². The number of piperidine rings is 1. The molecule has 1 fully saturated rings. The molecule has 8 nitrogen and oxygen atoms in total. The largest absolute Gasteiger partial charge is 0.364 e. The van der Waals surface area contributed by atoms with E-state index in [1.807, 2.05) is 13.1 Å². The summed E-state index contributed by atoms with van der Waals surface area (Å²) in [7, 11) is 1.93. The summed E-state index contributed by atoms with van der Waals surface area (Å²) in [6.07, 6.45) is 2.25. The van der Waals surface area contributed by atoms with Gasteiger partial charge in [0, 0.05) is 31.2 Å². The first kappa shape index (κ1) is 22.3. The third-order valence-electron chi connectivity index (χ3n) is 7.09. The summed E-state index contributed by atoms with van der Waals surface area (Å²) < 4.78 is 0. The highest BCUT2D eigenvalue weighted by atomic mass is 16.2. The van der Waals surface area contributed by atoms with Gasteiger partial charge in [-0.15, -0.1) is 0 Å². The van der Waals surface area contributed by atoms with E-state index < -0.39 is 23.8 Å². The van der Waals surface area contributed by atoms with Gasteiger partial charge < -0.3 is 10.2 Å². The molecule has 4 amide bonds. The molecule has 0 aliphatic carbocycles. The van der Waals surface area contributed by atoms with Crippen LogP contribution in [0.3, 0.4) is 0 Å². The number of hydrogen-bond donors (Lipinski definition) is 2. The van der Waals surface area contributed by atoms with Gasteiger partial charge in [0.25, 0.3) is 11.8 Å². The molecule has 0 saturated carbocycles. The van der Waals surface area contributed by atoms with Crippen molar-refractivity contribution in [3.8, 4) is 0 Å². The highest BCUT2D eigenvalue weighted by molar-refractivity contribution is 6.24. The van der Waals surface area contributed by atoms with Crippen molar-refractivity contribution in [2.75, 3.05) is 11.9 Å². The number of carbonyl (C=O) groups excluding carboxylic acids is 4. The Morgan fingerprint density at radius 1 is 1.03 bits per heavy atom. The van der Waals surface area contributed by atoms with E-state index in [1.54, 1.807) is 12.1 Å². The zero-order chi connectivity index (χ0) is 24.0. The van der Waals surface area contributed by atoms with Gasteiger partial charge in [0.05, 0.1) is 11.1 Å². The summed E-state index contributed by atoms with van der Waals surface area (Å²) >= 11 is 0. The molecule has 3 aliphatic rings. The predicted octanol–water partition coefficient (Wildman–Crippen LogP) is 2.15. The fraction of sp³-hybridized carbons (Fsp3) is 0.385. The van der Waals surface area contributed by atoms with Crippen LogP contribution in [0.25, 0.3) is 0 Å². The molecule has 0 spiro atoms. The summed E-state index contributed by atoms with van der Waals surface area (Å²) in [5.41, 5.74) is 5.12. The average Bonchev–Trinajstić information content (AvgIpc) is 3.07. The van der Waals surface area contributed by atoms with E-state index in [1.165, 1.54) is 11.1 Å². The van der Waals surface area contributed by atoms with E-state index in [4.69, 9.17) is 0 Å². The second-order valence-corrected chi connectivity index (χ2v) is 9.30. The minimum absolute atomic E-state index is 0.105. The highest BCUT2D eigenvalue weighted by Gasteiger charge is 2.45. The molecule has 3 aliphatic heterocycles. The monoisotopic (exact) mass is 460 g/mol. The maximum absolute atomic E-state index is 13.5. The SMILES string of the molecule is CNCc1ccc2c(c1)CCC(C)N2Cc1cccc2c1C(=O)N(C1CCC(=O)NC1=O)C2=O. The lowest BCUT2D eigenvalue weighted by atomic mass is 9.93. The van der Waals surface area contributed by atoms with Crippen LogP contribution in [0.5, 0.6) is 0 Å². The van der Waals surface area contributed by atoms with Crippen molar-refractivity contribution in [3.63, 3.8) is 0 Å². The molecule has 2 aromatic rings. The molecular weight excluding hydrogens is 432 g/mol. The number of benzene rings is 2. The van der Waals surface area contributed by atoms with Crippen molar-refractivity contribution in [3.05, 3.63) is 64.2 Å². The third-order valence-corrected chi connectivity index (χ3v) is 7.09. The molecule has 2 unspecified atom stereocenters. The molecule has 2 N–H and O–H groups in total. The number of hydrogen-bond acceptors (Lipinski definition) is 6. The molecular formula is C26H28N4O4. The van der Waals surface area contributed by atoms with Crippen LogP contribution in [0.4, 0.5) is 5.69 Å². The fourth-order valence-corrected chi connectivity index (χ4v) is 5.33. The number of imide groups is 2. The Balaban J connectivity index is 1.47. The Labute approximate surface area is 198 Å². The molecule has 0 aromatic heterocycles. The van der Waals surface area contributed by atoms with Crippen LogP contribution >= 0.6 is 0 Å². The van der Waals surface area contributed by atoms with Gasteiger partial charge in [0.15, 0.2) is 0 Å². The second kappa shape index (κ2) is 8.68. The first-order chi connectivity index (χ1) is 16.4. The lowest BCUT2D eigenvalue weighted by molar-refractivity contribution is -0.136. The number of nitrogens with one attached hydrogen (secondary N) is 2. The Morgan fingerprint density at radius 2 is 1.85 bits per heavy atom. The third kappa shape index (κ3) is 3.68. The summed E-state index contributed by atoms with van der Waals surface area (Å²) in [4.78, 5) is 53.9. The zero-order valence-corrected chi connectivity index (χ0v) is 19.4. The molecule has 2 atom stereocenters. The highest BCUT2D eigenvalue weighted by Crippen LogP contribution is 2.35. The van der Waals surface area contributed by atoms with Crippen molar-refractivity contribution < 1.29 is 19.2 Å². The maximum atomic E-state index is 13.5. The molecule has 2 aromatic carbocycles. The van der Waals surface area contributed by atoms with Crippen LogP contribution in [-0.2, 0) is 29.1 Å². The Bertz CT molecular complexity index is 1210. The lowest BCUT2D eigenvalue weighted by Gasteiger charge is -2.38. The minimum Gasteiger partial charge on any atom is -0.364 e. The number of amides is 4. The zero-order valence-electron chi connectivity index (χ0n) is 19.4. The van der Waals surface area contributed by atoms with Crippen LogP contribution in [0.1, 0.15) is 63.6 Å². The molecule has 0 bridgehead atoms. The molecule has 3 heterocycles. The van der Waals surface area contributed by atoms with Crippen LogP contribution in [0, 0.1) is 0 Å². The number of anilines is 1. The minimum atomic E-state index is -0.960. The molecule has 5 rings (SSSR count). The van der Waals surface area contributed by atoms with Crippen LogP contribution in [0.15, 0.2) is 36.4 Å². The standard InChI is InChI=1S/C26H28N4O4/c1-15-6-8-17-12-16(13-27-2)7-9-20(17)29(15)14-18-4-3-5-19-23(18)26(34)30(25(19)33)21-10-11-22(31)28-24(21)32/h3-5,7,9,12,15,21,27H,6,8,10-11,13-14H2,1-2H3,(H,28,31,32). The predicted molar refractivity (Wildman–Crippen MR) is 126 cm³/mol. The molecule has 34 heavy (non-hydrogen) atoms. The van der Waals surface area contributed by atoms with E-state index in [9.17, 15) is 19.2 Å². The summed E-state index contributed by atoms with van der Waals surface area (Å²) in [5.74, 6) is -1.91. The van der Waals surface area contributed by atoms with E-state index in [2.05, 4.69) is 40.7 Å². The lowest BCUT2D eigenvalue weighted by Crippen LogP contribution is -2.54. The molecule has 1 saturated heterocycles. The Kier molecular flexibility index (Phi) is 5.69. The number of aryl methyl sites for hydroxylation is 1. The van der Waals surface area contributed by atoms with Gasteiger partial charge in [-0.3, -0.25) is 29.4 Å². The number of fused-ring (bicyclic) bond motifs is 2. The maximum Gasteiger partial charge on any atom is 0.262 e. The van der Waals surface area contributed by atoms with Crippen LogP contribution < -0.4 is 15.5 Å². The summed E-state index contributed by atoms with van der Waals surface area (Å²) in [6, 6.07) is 11.1. The Hall–Kier alpha value is -3.52. The van der Waals surface area contributed by atoms with Crippen molar-refractivity contribution in [1.82, 2.24) is 15.5 Å². The van der Waals surface area contributed by atoms with E-state index in [-0.39, 0.29) is 24.8 Å². The van der Waals surface area contributed by atoms with Gasteiger partial charge in [0.1, 0.15) is 6.04 Å². The Morgan fingerprint density at radius 3 is 2.62 bits per heavy atom. The van der Waals surface area contributed by atoms with Crippen molar-refractivity contribution in [2.45, 2.75) is 57.8 Å². The van der Waals surface area contributed by atoms with Crippen molar-refractivity contribution in [1.29, 1.82) is 0 Å². The number of rotatable bonds is 5. The van der Waals surface area contributed by atoms with Gasteiger partial charge in [-0.2, -0.15) is 0 Å². The smallest absolute Gasteiger partial charge is 0.262 e. The first-order valence-electron chi connectivity index (χ1n) is 11.8. The van der Waals surface area contributed by atoms with Gasteiger partial charge >= 0.3 is 0 Å². The summed E-state index contributed by atoms with van der Waals surface area (Å²) in [6.45, 7) is 3.48. The quantitative estimate of drug-likeness (QED) is 0.664. The van der Waals surface area contributed by atoms with Crippen molar-refractivity contribution >= 4 is 29.3 Å². The van der Waals surface area contributed by atoms with Crippen LogP contribution in [-0.4, -0.2) is 47.7 Å². The van der Waals surface area contributed by atoms with Gasteiger partial charge in [-0.25, -0.2) is 0 Å². The van der Waals surface area contributed by atoms with E-state index >= 15 is 0 Å². The molecule has 8 heteroatoms. The number of carbonyl (C=O) groups is 4. The first-order valence-corrected chi connectivity index (χ1v) is 11.8. The summed E-state index contributed by atoms with van der Waals surface area (Å²) in [5, 5.41) is 5.44. The van der Waals surface area contributed by atoms with Gasteiger partial charge in [-0.1, -0.05) is 24.3 Å². The number of nitrogens with zero attached hydrogens (tertiary/aromatic N) is 2. The molecule has 176 valence electrons. The van der Waals surface area contributed by atoms with Gasteiger partial charge in [-0.05, 0) is 62.1 Å². The van der Waals surface area contributed by atoms with Gasteiger partial charge in [0.2, 0.25) is 11.8 Å². The second-order valence-electron chi connectivity index (χ2n) is 9.30. The normalized spacial score (nSPS) is 22.1. The average molecular weight is 461 g/mol. The fourth-order valence-electron chi connectivity index (χ4n) is 5.33. The molecule has 0 radical (unpaired) electrons. The van der Waals surface area contributed by atoms with Crippen LogP contribution in [0.2, 0.25) is 0 Å². The van der Waals surface area contributed by atoms with E-state index in [0.29, 0.717) is 17.7 Å². The topological polar surface area (TPSA) is 98.8 Å².